The van der Waals surface area contributed by atoms with E-state index in [-0.39, 0.29) is 11.6 Å². The van der Waals surface area contributed by atoms with Crippen molar-refractivity contribution in [3.63, 3.8) is 0 Å². The lowest BCUT2D eigenvalue weighted by Gasteiger charge is -2.13. The van der Waals surface area contributed by atoms with Crippen LogP contribution in [-0.2, 0) is 9.59 Å². The van der Waals surface area contributed by atoms with E-state index in [9.17, 15) is 9.59 Å². The molecule has 24 heavy (non-hydrogen) atoms. The maximum atomic E-state index is 11.8. The highest BCUT2D eigenvalue weighted by Gasteiger charge is 2.15. The summed E-state index contributed by atoms with van der Waals surface area (Å²) in [6.07, 6.45) is 11.0. The van der Waals surface area contributed by atoms with E-state index < -0.39 is 0 Å². The third-order valence-electron chi connectivity index (χ3n) is 4.63. The number of hydrogen-bond acceptors (Lipinski definition) is 4. The largest absolute Gasteiger partial charge is 0.361 e. The molecule has 0 aliphatic heterocycles. The van der Waals surface area contributed by atoms with E-state index in [1.54, 1.807) is 0 Å². The Morgan fingerprint density at radius 3 is 1.38 bits per heavy atom. The Bertz CT molecular complexity index is 612. The van der Waals surface area contributed by atoms with Crippen molar-refractivity contribution in [1.29, 1.82) is 0 Å². The van der Waals surface area contributed by atoms with Crippen molar-refractivity contribution in [2.24, 2.45) is 0 Å². The first-order valence-electron chi connectivity index (χ1n) is 8.80. The van der Waals surface area contributed by atoms with Crippen molar-refractivity contribution in [2.45, 2.75) is 51.4 Å². The Kier molecular flexibility index (Phi) is 5.47. The monoisotopic (exact) mass is 324 g/mol. The molecule has 126 valence electrons. The predicted octanol–water partition coefficient (Wildman–Crippen LogP) is 4.56. The van der Waals surface area contributed by atoms with Crippen molar-refractivity contribution in [1.82, 2.24) is 0 Å². The predicted molar refractivity (Wildman–Crippen MR) is 96.8 cm³/mol. The van der Waals surface area contributed by atoms with Crippen LogP contribution >= 0.6 is 0 Å². The summed E-state index contributed by atoms with van der Waals surface area (Å²) in [7, 11) is 0. The van der Waals surface area contributed by atoms with Crippen LogP contribution in [-0.4, -0.2) is 11.6 Å². The quantitative estimate of drug-likeness (QED) is 0.797. The van der Waals surface area contributed by atoms with Crippen molar-refractivity contribution >= 4 is 22.9 Å². The van der Waals surface area contributed by atoms with Crippen LogP contribution in [0.1, 0.15) is 51.4 Å². The molecule has 0 aromatic heterocycles. The van der Waals surface area contributed by atoms with Crippen molar-refractivity contribution in [3.8, 4) is 0 Å². The standard InChI is InChI=1S/C20H24N2O2/c23-19-7-3-1-5-15(19)13-21-17-9-11-18(12-10-17)22-14-16-6-2-4-8-20(16)24/h9-14,21-22H,1-8H2/b15-13-,16-14-. The average molecular weight is 324 g/mol. The zero-order valence-electron chi connectivity index (χ0n) is 13.9. The molecule has 2 fully saturated rings. The maximum absolute atomic E-state index is 11.8. The Morgan fingerprint density at radius 1 is 0.625 bits per heavy atom. The smallest absolute Gasteiger partial charge is 0.160 e. The van der Waals surface area contributed by atoms with Gasteiger partial charge in [0.15, 0.2) is 11.6 Å². The van der Waals surface area contributed by atoms with Gasteiger partial charge in [-0.25, -0.2) is 0 Å². The Labute approximate surface area is 143 Å². The highest BCUT2D eigenvalue weighted by Crippen LogP contribution is 2.22. The summed E-state index contributed by atoms with van der Waals surface area (Å²) in [5.41, 5.74) is 3.69. The molecule has 0 atom stereocenters. The molecule has 2 aliphatic rings. The van der Waals surface area contributed by atoms with Gasteiger partial charge in [0.05, 0.1) is 0 Å². The number of ketones is 2. The molecule has 2 aliphatic carbocycles. The van der Waals surface area contributed by atoms with Crippen LogP contribution < -0.4 is 10.6 Å². The fourth-order valence-corrected chi connectivity index (χ4v) is 3.11. The molecule has 3 rings (SSSR count). The molecule has 0 spiro atoms. The number of carbonyl (C=O) groups is 2. The van der Waals surface area contributed by atoms with Gasteiger partial charge in [-0.15, -0.1) is 0 Å². The Balaban J connectivity index is 1.57. The van der Waals surface area contributed by atoms with Gasteiger partial charge in [-0.05, 0) is 62.8 Å². The maximum Gasteiger partial charge on any atom is 0.160 e. The molecule has 1 aromatic rings. The highest BCUT2D eigenvalue weighted by atomic mass is 16.1. The van der Waals surface area contributed by atoms with E-state index in [1.165, 1.54) is 0 Å². The first-order valence-corrected chi connectivity index (χ1v) is 8.80. The number of hydrogen-bond donors (Lipinski definition) is 2. The number of carbonyl (C=O) groups excluding carboxylic acids is 2. The normalized spacial score (nSPS) is 22.0. The number of nitrogens with one attached hydrogen (secondary N) is 2. The van der Waals surface area contributed by atoms with Gasteiger partial charge in [0.25, 0.3) is 0 Å². The Morgan fingerprint density at radius 2 is 1.00 bits per heavy atom. The highest BCUT2D eigenvalue weighted by molar-refractivity contribution is 5.96. The molecule has 2 N–H and O–H groups in total. The van der Waals surface area contributed by atoms with Crippen LogP contribution in [0.15, 0.2) is 47.8 Å². The minimum absolute atomic E-state index is 0.260. The van der Waals surface area contributed by atoms with Gasteiger partial charge >= 0.3 is 0 Å². The molecular formula is C20H24N2O2. The van der Waals surface area contributed by atoms with Gasteiger partial charge in [0.2, 0.25) is 0 Å². The van der Waals surface area contributed by atoms with Gasteiger partial charge in [-0.1, -0.05) is 0 Å². The fourth-order valence-electron chi connectivity index (χ4n) is 3.11. The van der Waals surface area contributed by atoms with Crippen LogP contribution in [0, 0.1) is 0 Å². The van der Waals surface area contributed by atoms with E-state index in [0.717, 1.165) is 61.0 Å². The molecule has 0 bridgehead atoms. The average Bonchev–Trinajstić information content (AvgIpc) is 2.61. The number of Topliss-reactive ketones (excluding diaryl/α,β-unsaturated/α-hetero) is 2. The second kappa shape index (κ2) is 7.95. The van der Waals surface area contributed by atoms with E-state index >= 15 is 0 Å². The van der Waals surface area contributed by atoms with Crippen molar-refractivity contribution in [2.75, 3.05) is 10.6 Å². The van der Waals surface area contributed by atoms with E-state index in [1.807, 2.05) is 36.7 Å². The van der Waals surface area contributed by atoms with Crippen molar-refractivity contribution < 1.29 is 9.59 Å². The van der Waals surface area contributed by atoms with Gasteiger partial charge in [0, 0.05) is 47.8 Å². The molecule has 0 unspecified atom stereocenters. The van der Waals surface area contributed by atoms with Crippen LogP contribution in [0.25, 0.3) is 0 Å². The molecule has 0 amide bonds. The van der Waals surface area contributed by atoms with Gasteiger partial charge in [0.1, 0.15) is 0 Å². The van der Waals surface area contributed by atoms with Gasteiger partial charge in [-0.2, -0.15) is 0 Å². The van der Waals surface area contributed by atoms with Crippen LogP contribution in [0.5, 0.6) is 0 Å². The lowest BCUT2D eigenvalue weighted by atomic mass is 9.94. The van der Waals surface area contributed by atoms with E-state index in [2.05, 4.69) is 10.6 Å². The van der Waals surface area contributed by atoms with Gasteiger partial charge in [-0.3, -0.25) is 9.59 Å². The third kappa shape index (κ3) is 4.34. The van der Waals surface area contributed by atoms with Crippen molar-refractivity contribution in [3.05, 3.63) is 47.8 Å². The number of allylic oxidation sites excluding steroid dienone is 2. The van der Waals surface area contributed by atoms with Crippen LogP contribution in [0.4, 0.5) is 11.4 Å². The molecule has 4 heteroatoms. The molecule has 2 saturated carbocycles. The summed E-state index contributed by atoms with van der Waals surface area (Å²) in [4.78, 5) is 23.6. The zero-order chi connectivity index (χ0) is 16.8. The lowest BCUT2D eigenvalue weighted by Crippen LogP contribution is -2.10. The zero-order valence-corrected chi connectivity index (χ0v) is 13.9. The number of benzene rings is 1. The summed E-state index contributed by atoms with van der Waals surface area (Å²) in [6.45, 7) is 0. The number of rotatable bonds is 4. The van der Waals surface area contributed by atoms with Crippen LogP contribution in [0.2, 0.25) is 0 Å². The summed E-state index contributed by atoms with van der Waals surface area (Å²) < 4.78 is 0. The topological polar surface area (TPSA) is 58.2 Å². The molecule has 0 saturated heterocycles. The minimum Gasteiger partial charge on any atom is -0.361 e. The molecular weight excluding hydrogens is 300 g/mol. The summed E-state index contributed by atoms with van der Waals surface area (Å²) >= 11 is 0. The summed E-state index contributed by atoms with van der Waals surface area (Å²) in [5, 5.41) is 6.41. The van der Waals surface area contributed by atoms with E-state index in [0.29, 0.717) is 12.8 Å². The van der Waals surface area contributed by atoms with E-state index in [4.69, 9.17) is 0 Å². The molecule has 4 nitrogen and oxygen atoms in total. The third-order valence-corrected chi connectivity index (χ3v) is 4.63. The number of anilines is 2. The second-order valence-electron chi connectivity index (χ2n) is 6.47. The minimum atomic E-state index is 0.260. The van der Waals surface area contributed by atoms with Crippen LogP contribution in [0.3, 0.4) is 0 Å². The SMILES string of the molecule is O=C1CCCC/C1=C/Nc1ccc(N/C=C2/CCCCC2=O)cc1. The first-order chi connectivity index (χ1) is 11.7. The lowest BCUT2D eigenvalue weighted by molar-refractivity contribution is -0.117. The molecule has 0 radical (unpaired) electrons. The molecule has 1 aromatic carbocycles. The Hall–Kier alpha value is -2.36. The first kappa shape index (κ1) is 16.5. The summed E-state index contributed by atoms with van der Waals surface area (Å²) in [6, 6.07) is 7.86. The molecule has 0 heterocycles. The fraction of sp³-hybridized carbons (Fsp3) is 0.400. The summed E-state index contributed by atoms with van der Waals surface area (Å²) in [5.74, 6) is 0.520. The second-order valence-corrected chi connectivity index (χ2v) is 6.47. The van der Waals surface area contributed by atoms with Gasteiger partial charge < -0.3 is 10.6 Å².